The lowest BCUT2D eigenvalue weighted by Gasteiger charge is -1.90. The van der Waals surface area contributed by atoms with Gasteiger partial charge in [-0.25, -0.2) is 0 Å². The van der Waals surface area contributed by atoms with Crippen molar-refractivity contribution in [1.82, 2.24) is 11.1 Å². The van der Waals surface area contributed by atoms with E-state index in [4.69, 9.17) is 9.66 Å². The maximum atomic E-state index is 9.33. The van der Waals surface area contributed by atoms with Crippen LogP contribution in [0.25, 0.3) is 0 Å². The highest BCUT2D eigenvalue weighted by molar-refractivity contribution is 7.80. The number of aliphatic hydroxyl groups is 1. The molecule has 0 spiro atoms. The first-order valence-electron chi connectivity index (χ1n) is 3.46. The fourth-order valence-electron chi connectivity index (χ4n) is 0. The predicted molar refractivity (Wildman–Crippen MR) is 56.0 cm³/mol. The minimum Gasteiger partial charge on any atom is -0.397 e. The Labute approximate surface area is 86.2 Å². The zero-order valence-corrected chi connectivity index (χ0v) is 10.2. The topological polar surface area (TPSA) is 122 Å². The molecule has 0 aromatic rings. The molecule has 0 heterocycles. The SMILES string of the molecule is CCO.CN(C)C.COS(=O)(=O)O.N. The molecule has 0 aliphatic carbocycles. The minimum atomic E-state index is -4.16. The van der Waals surface area contributed by atoms with E-state index in [1.807, 2.05) is 26.0 Å². The number of hydrogen-bond acceptors (Lipinski definition) is 6. The summed E-state index contributed by atoms with van der Waals surface area (Å²) in [5.41, 5.74) is 0. The summed E-state index contributed by atoms with van der Waals surface area (Å²) in [6.07, 6.45) is 0. The summed E-state index contributed by atoms with van der Waals surface area (Å²) in [6.45, 7) is 1.93. The van der Waals surface area contributed by atoms with Crippen molar-refractivity contribution < 1.29 is 22.3 Å². The largest absolute Gasteiger partial charge is 0.397 e. The summed E-state index contributed by atoms with van der Waals surface area (Å²) < 4.78 is 29.7. The summed E-state index contributed by atoms with van der Waals surface area (Å²) in [7, 11) is 2.71. The number of nitrogens with zero attached hydrogens (tertiary/aromatic N) is 1. The summed E-state index contributed by atoms with van der Waals surface area (Å²) in [5, 5.41) is 7.57. The lowest BCUT2D eigenvalue weighted by atomic mass is 10.9. The van der Waals surface area contributed by atoms with Crippen LogP contribution in [0.1, 0.15) is 6.92 Å². The Hall–Kier alpha value is -0.250. The van der Waals surface area contributed by atoms with Gasteiger partial charge < -0.3 is 16.2 Å². The average Bonchev–Trinajstić information content (AvgIpc) is 1.86. The van der Waals surface area contributed by atoms with Crippen LogP contribution >= 0.6 is 0 Å². The molecule has 7 nitrogen and oxygen atoms in total. The molecule has 8 heteroatoms. The number of rotatable bonds is 1. The third kappa shape index (κ3) is 180. The molecule has 0 amide bonds. The molecule has 0 aliphatic rings. The molecule has 0 saturated heterocycles. The van der Waals surface area contributed by atoms with Crippen molar-refractivity contribution in [3.8, 4) is 0 Å². The normalized spacial score (nSPS) is 8.86. The van der Waals surface area contributed by atoms with Crippen molar-refractivity contribution in [2.45, 2.75) is 6.92 Å². The van der Waals surface area contributed by atoms with Crippen LogP contribution < -0.4 is 6.15 Å². The van der Waals surface area contributed by atoms with E-state index in [0.29, 0.717) is 0 Å². The summed E-state index contributed by atoms with van der Waals surface area (Å²) in [5.74, 6) is 0. The molecule has 92 valence electrons. The molecule has 5 N–H and O–H groups in total. The predicted octanol–water partition coefficient (Wildman–Crippen LogP) is -0.226. The first-order valence-corrected chi connectivity index (χ1v) is 4.82. The van der Waals surface area contributed by atoms with Crippen LogP contribution in [0.5, 0.6) is 0 Å². The second-order valence-electron chi connectivity index (χ2n) is 2.25. The Morgan fingerprint density at radius 2 is 1.36 bits per heavy atom. The van der Waals surface area contributed by atoms with E-state index in [0.717, 1.165) is 7.11 Å². The van der Waals surface area contributed by atoms with Crippen LogP contribution in [0.15, 0.2) is 0 Å². The van der Waals surface area contributed by atoms with Crippen molar-refractivity contribution in [2.24, 2.45) is 0 Å². The summed E-state index contributed by atoms with van der Waals surface area (Å²) in [4.78, 5) is 2.00. The van der Waals surface area contributed by atoms with Gasteiger partial charge in [-0.2, -0.15) is 8.42 Å². The monoisotopic (exact) mass is 234 g/mol. The quantitative estimate of drug-likeness (QED) is 0.536. The smallest absolute Gasteiger partial charge is 0.397 e. The van der Waals surface area contributed by atoms with E-state index in [1.54, 1.807) is 6.92 Å². The molecule has 0 unspecified atom stereocenters. The van der Waals surface area contributed by atoms with Crippen molar-refractivity contribution >= 4 is 10.4 Å². The molecular formula is C6H22N2O5S. The summed E-state index contributed by atoms with van der Waals surface area (Å²) >= 11 is 0. The first kappa shape index (κ1) is 23.5. The number of aliphatic hydroxyl groups excluding tert-OH is 1. The molecule has 0 aromatic carbocycles. The fraction of sp³-hybridized carbons (Fsp3) is 1.00. The van der Waals surface area contributed by atoms with E-state index in [2.05, 4.69) is 4.18 Å². The van der Waals surface area contributed by atoms with Crippen LogP contribution in [0.2, 0.25) is 0 Å². The van der Waals surface area contributed by atoms with Crippen LogP contribution in [-0.2, 0) is 14.6 Å². The van der Waals surface area contributed by atoms with E-state index in [9.17, 15) is 8.42 Å². The molecule has 0 aliphatic heterocycles. The molecule has 0 aromatic heterocycles. The molecule has 0 bridgehead atoms. The van der Waals surface area contributed by atoms with Crippen LogP contribution in [0.3, 0.4) is 0 Å². The second-order valence-corrected chi connectivity index (χ2v) is 3.44. The van der Waals surface area contributed by atoms with Gasteiger partial charge in [0, 0.05) is 6.61 Å². The maximum absolute atomic E-state index is 9.33. The van der Waals surface area contributed by atoms with Gasteiger partial charge >= 0.3 is 10.4 Å². The second kappa shape index (κ2) is 15.2. The van der Waals surface area contributed by atoms with Crippen LogP contribution in [0, 0.1) is 0 Å². The fourth-order valence-corrected chi connectivity index (χ4v) is 0. The molecular weight excluding hydrogens is 212 g/mol. The minimum absolute atomic E-state index is 0. The van der Waals surface area contributed by atoms with Gasteiger partial charge in [0.25, 0.3) is 0 Å². The van der Waals surface area contributed by atoms with Gasteiger partial charge in [0.15, 0.2) is 0 Å². The molecule has 0 radical (unpaired) electrons. The van der Waals surface area contributed by atoms with Gasteiger partial charge in [-0.1, -0.05) is 0 Å². The van der Waals surface area contributed by atoms with Crippen molar-refractivity contribution in [3.63, 3.8) is 0 Å². The van der Waals surface area contributed by atoms with Gasteiger partial charge in [-0.3, -0.25) is 8.74 Å². The number of hydrogen-bond donors (Lipinski definition) is 3. The lowest BCUT2D eigenvalue weighted by Crippen LogP contribution is -1.99. The van der Waals surface area contributed by atoms with Gasteiger partial charge in [0.2, 0.25) is 0 Å². The zero-order valence-electron chi connectivity index (χ0n) is 9.39. The Morgan fingerprint density at radius 1 is 1.29 bits per heavy atom. The summed E-state index contributed by atoms with van der Waals surface area (Å²) in [6, 6.07) is 0. The van der Waals surface area contributed by atoms with Gasteiger partial charge in [0.1, 0.15) is 0 Å². The highest BCUT2D eigenvalue weighted by Crippen LogP contribution is 1.74. The third-order valence-electron chi connectivity index (χ3n) is 0.211. The zero-order chi connectivity index (χ0) is 11.5. The third-order valence-corrected chi connectivity index (χ3v) is 0.632. The van der Waals surface area contributed by atoms with E-state index >= 15 is 0 Å². The lowest BCUT2D eigenvalue weighted by molar-refractivity contribution is 0.318. The highest BCUT2D eigenvalue weighted by atomic mass is 32.3. The van der Waals surface area contributed by atoms with E-state index < -0.39 is 10.4 Å². The van der Waals surface area contributed by atoms with Crippen molar-refractivity contribution in [1.29, 1.82) is 0 Å². The van der Waals surface area contributed by atoms with Crippen LogP contribution in [-0.4, -0.2) is 57.8 Å². The average molecular weight is 234 g/mol. The molecule has 0 rings (SSSR count). The molecule has 0 fully saturated rings. The Morgan fingerprint density at radius 3 is 1.36 bits per heavy atom. The standard InChI is InChI=1S/C3H9N.C2H6O.CH4O4S.H3N/c1-4(2)3;1-2-3;1-5-6(2,3)4;/h1-3H3;3H,2H2,1H3;1H3,(H,2,3,4);1H3. The first-order chi connectivity index (χ1) is 5.71. The van der Waals surface area contributed by atoms with Crippen LogP contribution in [0.4, 0.5) is 0 Å². The van der Waals surface area contributed by atoms with Crippen molar-refractivity contribution in [3.05, 3.63) is 0 Å². The molecule has 0 saturated carbocycles. The van der Waals surface area contributed by atoms with E-state index in [-0.39, 0.29) is 12.8 Å². The Balaban J connectivity index is -0.0000000553. The Kier molecular flexibility index (Phi) is 25.6. The maximum Gasteiger partial charge on any atom is 0.397 e. The van der Waals surface area contributed by atoms with E-state index in [1.165, 1.54) is 0 Å². The van der Waals surface area contributed by atoms with Gasteiger partial charge in [-0.15, -0.1) is 0 Å². The highest BCUT2D eigenvalue weighted by Gasteiger charge is 1.93. The Bertz CT molecular complexity index is 166. The molecule has 14 heavy (non-hydrogen) atoms. The van der Waals surface area contributed by atoms with Crippen molar-refractivity contribution in [2.75, 3.05) is 34.9 Å². The molecule has 0 atom stereocenters. The van der Waals surface area contributed by atoms with Gasteiger partial charge in [-0.05, 0) is 28.1 Å². The van der Waals surface area contributed by atoms with Gasteiger partial charge in [0.05, 0.1) is 7.11 Å².